The number of rotatable bonds is 18. The van der Waals surface area contributed by atoms with Crippen LogP contribution in [-0.2, 0) is 146 Å². The molecule has 0 unspecified atom stereocenters. The van der Waals surface area contributed by atoms with Crippen LogP contribution in [0.25, 0.3) is 0 Å². The molecule has 6 heterocycles. The number of hydrogen-bond donors (Lipinski definition) is 6. The quantitative estimate of drug-likeness (QED) is 0.0346. The van der Waals surface area contributed by atoms with E-state index in [4.69, 9.17) is 0 Å². The second-order valence-corrected chi connectivity index (χ2v) is 27.6. The van der Waals surface area contributed by atoms with Gasteiger partial charge >= 0.3 is 58.4 Å². The molecule has 0 aliphatic rings. The van der Waals surface area contributed by atoms with Crippen molar-refractivity contribution in [2.75, 3.05) is 31.9 Å². The number of carbonyl (C=O) groups is 6. The van der Waals surface area contributed by atoms with E-state index in [1.807, 2.05) is 197 Å². The van der Waals surface area contributed by atoms with Gasteiger partial charge in [-0.15, -0.1) is 0 Å². The minimum Gasteiger partial charge on any atom is -1.00 e. The van der Waals surface area contributed by atoms with Gasteiger partial charge in [0.05, 0.1) is 34.2 Å². The smallest absolute Gasteiger partial charge is 1.00 e. The first-order chi connectivity index (χ1) is 39.8. The Kier molecular flexibility index (Phi) is 55.5. The summed E-state index contributed by atoms with van der Waals surface area (Å²) in [4.78, 5) is 108. The third-order valence-electron chi connectivity index (χ3n) is 12.7. The van der Waals surface area contributed by atoms with Crippen LogP contribution in [0, 0.1) is 32.5 Å². The molecular weight excluding hydrogens is 2230 g/mol. The second kappa shape index (κ2) is 49.1. The van der Waals surface area contributed by atoms with Crippen molar-refractivity contribution in [1.82, 2.24) is 39.7 Å². The van der Waals surface area contributed by atoms with Gasteiger partial charge in [-0.1, -0.05) is 161 Å². The Balaban J connectivity index is -0.000000300. The summed E-state index contributed by atoms with van der Waals surface area (Å²) in [6.45, 7) is 35.9. The van der Waals surface area contributed by atoms with E-state index < -0.39 is 32.5 Å². The molecule has 31 heteroatoms. The van der Waals surface area contributed by atoms with E-state index in [0.29, 0.717) is 74.2 Å². The number of aromatic nitrogens is 6. The molecule has 0 saturated carbocycles. The number of pyridine rings is 6. The van der Waals surface area contributed by atoms with Crippen LogP contribution in [0.2, 0.25) is 0 Å². The van der Waals surface area contributed by atoms with Crippen LogP contribution in [0.4, 0.5) is 34.9 Å². The number of carbonyl (C=O) groups excluding carboxylic acids is 6. The summed E-state index contributed by atoms with van der Waals surface area (Å²) < 4.78 is 0. The summed E-state index contributed by atoms with van der Waals surface area (Å²) in [6, 6.07) is 33.2. The van der Waals surface area contributed by atoms with Gasteiger partial charge < -0.3 is 200 Å². The van der Waals surface area contributed by atoms with Crippen molar-refractivity contribution >= 4 is 70.4 Å². The zero-order valence-corrected chi connectivity index (χ0v) is 86.1. The molecule has 6 aromatic heterocycles. The van der Waals surface area contributed by atoms with Crippen LogP contribution in [0.15, 0.2) is 109 Å². The first-order valence-corrected chi connectivity index (χ1v) is 28.9. The van der Waals surface area contributed by atoms with Crippen molar-refractivity contribution in [3.05, 3.63) is 143 Å². The summed E-state index contributed by atoms with van der Waals surface area (Å²) in [5, 5.41) is 17.4. The van der Waals surface area contributed by atoms with Crippen molar-refractivity contribution in [1.29, 1.82) is 0 Å². The molecule has 0 fully saturated rings. The molecule has 0 radical (unpaired) electrons. The molecule has 6 amide bonds. The maximum absolute atomic E-state index is 12.6. The molecule has 0 saturated heterocycles. The van der Waals surface area contributed by atoms with Crippen LogP contribution in [-0.4, -0.2) is 75.1 Å². The Bertz CT molecular complexity index is 2830. The fourth-order valence-corrected chi connectivity index (χ4v) is 7.36. The Morgan fingerprint density at radius 2 is 0.371 bits per heavy atom. The average Bonchev–Trinajstić information content (AvgIpc) is 0.958. The topological polar surface area (TPSA) is 258 Å². The van der Waals surface area contributed by atoms with Crippen LogP contribution in [0.5, 0.6) is 0 Å². The van der Waals surface area contributed by atoms with Crippen molar-refractivity contribution < 1.29 is 275 Å². The fourth-order valence-electron chi connectivity index (χ4n) is 7.36. The molecule has 0 aliphatic carbocycles. The van der Waals surface area contributed by atoms with Crippen LogP contribution < -0.4 is 200 Å². The van der Waals surface area contributed by atoms with Gasteiger partial charge in [0.1, 0.15) is 34.9 Å². The van der Waals surface area contributed by atoms with E-state index in [0.717, 1.165) is 34.2 Å². The van der Waals surface area contributed by atoms with Gasteiger partial charge in [-0.3, -0.25) is 38.6 Å². The maximum Gasteiger partial charge on any atom is 2.00 e. The predicted molar refractivity (Wildman–Crippen MR) is 340 cm³/mol. The first kappa shape index (κ1) is 110. The second-order valence-electron chi connectivity index (χ2n) is 27.6. The molecule has 0 aliphatic heterocycles. The summed E-state index contributed by atoms with van der Waals surface area (Å²) >= 11 is 0. The molecule has 6 N–H and O–H groups in total. The van der Waals surface area contributed by atoms with Gasteiger partial charge in [0, 0.05) is 91.2 Å². The van der Waals surface area contributed by atoms with E-state index in [2.05, 4.69) is 71.6 Å². The predicted octanol–water partition coefficient (Wildman–Crippen LogP) is -8.93. The van der Waals surface area contributed by atoms with Gasteiger partial charge in [0.2, 0.25) is 35.4 Å². The first-order valence-electron chi connectivity index (χ1n) is 28.9. The average molecular weight is 2330 g/mol. The Labute approximate surface area is 746 Å². The molecular formula is C66H90I7N14O6Zn4-. The molecule has 6 rings (SSSR count). The number of anilines is 6. The summed E-state index contributed by atoms with van der Waals surface area (Å²) in [5.74, 6) is 2.16. The monoisotopic (exact) mass is 2320 g/mol. The van der Waals surface area contributed by atoms with Crippen molar-refractivity contribution in [2.24, 2.45) is 32.5 Å². The molecule has 0 aromatic carbocycles. The molecule has 0 atom stereocenters. The molecule has 20 nitrogen and oxygen atoms in total. The number of hydrogen-bond acceptors (Lipinski definition) is 14. The van der Waals surface area contributed by atoms with Gasteiger partial charge in [-0.05, 0) is 72.8 Å². The number of amides is 6. The molecule has 97 heavy (non-hydrogen) atoms. The number of nitrogens with zero attached hydrogens (tertiary/aromatic N) is 8. The third-order valence-corrected chi connectivity index (χ3v) is 12.7. The summed E-state index contributed by atoms with van der Waals surface area (Å²) in [5.41, 5.74) is 1.18. The molecule has 518 valence electrons. The van der Waals surface area contributed by atoms with Gasteiger partial charge in [-0.25, -0.2) is 29.9 Å². The SMILES string of the molecule is CC(C)(C)C(=O)Nc1cccc(CN(Cc2cccc(NC(=O)C(C)(C)C)n2)Cc2cccc(NC(=O)C(C)(C)C)n2)n1.CC(C)(C)C(=O)Nc1cccc(CN(Cc2cccc(NC(=O)C(C)(C)C)n2)Cc2cccc(NC(=O)C(C)(C)C)n2)n1.[I-].[I-].[I-].[I-].[I-].[I-].[I-].[Zn+2].[Zn+2].[Zn+2].[Zn]. The zero-order valence-electron chi connectivity index (χ0n) is 59.1. The van der Waals surface area contributed by atoms with E-state index in [1.165, 1.54) is 0 Å². The Morgan fingerprint density at radius 3 is 0.474 bits per heavy atom. The molecule has 6 aromatic rings. The molecule has 0 bridgehead atoms. The molecule has 0 spiro atoms. The van der Waals surface area contributed by atoms with Crippen LogP contribution >= 0.6 is 0 Å². The number of nitrogens with one attached hydrogen (secondary N) is 6. The minimum atomic E-state index is -0.554. The van der Waals surface area contributed by atoms with Crippen molar-refractivity contribution in [3.8, 4) is 0 Å². The van der Waals surface area contributed by atoms with Crippen LogP contribution in [0.3, 0.4) is 0 Å². The summed E-state index contributed by atoms with van der Waals surface area (Å²) in [6.07, 6.45) is 0. The number of halogens is 7. The summed E-state index contributed by atoms with van der Waals surface area (Å²) in [7, 11) is 0. The van der Waals surface area contributed by atoms with Gasteiger partial charge in [0.15, 0.2) is 0 Å². The van der Waals surface area contributed by atoms with Crippen molar-refractivity contribution in [2.45, 2.75) is 164 Å². The van der Waals surface area contributed by atoms with E-state index >= 15 is 0 Å². The van der Waals surface area contributed by atoms with Crippen LogP contribution in [0.1, 0.15) is 159 Å². The third kappa shape index (κ3) is 40.4. The Morgan fingerprint density at radius 1 is 0.258 bits per heavy atom. The fraction of sp³-hybridized carbons (Fsp3) is 0.455. The Hall–Kier alpha value is -0.756. The maximum atomic E-state index is 12.6. The minimum absolute atomic E-state index is 0. The van der Waals surface area contributed by atoms with E-state index in [9.17, 15) is 28.8 Å². The van der Waals surface area contributed by atoms with Gasteiger partial charge in [0.25, 0.3) is 0 Å². The van der Waals surface area contributed by atoms with E-state index in [1.54, 1.807) is 36.4 Å². The van der Waals surface area contributed by atoms with Crippen molar-refractivity contribution in [3.63, 3.8) is 0 Å². The van der Waals surface area contributed by atoms with E-state index in [-0.39, 0.29) is 281 Å². The normalized spacial score (nSPS) is 10.8. The standard InChI is InChI=1S/2C33H45N7O3.7HI.4Zn/c2*1-31(2,3)28(41)37-25-16-10-13-22(34-25)19-40(20-23-14-11-17-26(35-23)38-29(42)32(4,5)6)21-24-15-12-18-27(36-24)39-30(43)33(7,8)9;;;;;;;;;;;/h2*10-18H,19-21H2,1-9H3,(H,34,37,41)(H,35,38,42)(H,36,39,43);7*1H;;;;/q;;;;;;;;;;3*+2/p-7. The van der Waals surface area contributed by atoms with Gasteiger partial charge in [-0.2, -0.15) is 0 Å². The largest absolute Gasteiger partial charge is 2.00 e. The zero-order chi connectivity index (χ0) is 64.0.